The van der Waals surface area contributed by atoms with E-state index in [-0.39, 0.29) is 5.78 Å². The number of carbonyl (C=O) groups is 2. The lowest BCUT2D eigenvalue weighted by Gasteiger charge is -2.18. The van der Waals surface area contributed by atoms with E-state index in [1.165, 1.54) is 0 Å². The van der Waals surface area contributed by atoms with E-state index in [1.54, 1.807) is 12.1 Å². The fourth-order valence-electron chi connectivity index (χ4n) is 2.60. The second-order valence-electron chi connectivity index (χ2n) is 5.77. The highest BCUT2D eigenvalue weighted by atomic mass is 16.5. The monoisotopic (exact) mass is 312 g/mol. The van der Waals surface area contributed by atoms with E-state index in [0.29, 0.717) is 25.0 Å². The first-order valence-corrected chi connectivity index (χ1v) is 8.34. The Kier molecular flexibility index (Phi) is 6.79. The second-order valence-corrected chi connectivity index (χ2v) is 5.77. The number of benzene rings is 1. The Morgan fingerprint density at radius 3 is 2.83 bits per heavy atom. The van der Waals surface area contributed by atoms with Gasteiger partial charge < -0.3 is 4.74 Å². The molecular formula is C20H24O3. The molecule has 0 saturated carbocycles. The van der Waals surface area contributed by atoms with Crippen LogP contribution in [-0.2, 0) is 9.53 Å². The molecule has 1 aliphatic rings. The van der Waals surface area contributed by atoms with Gasteiger partial charge >= 0.3 is 5.97 Å². The van der Waals surface area contributed by atoms with Crippen molar-refractivity contribution in [2.75, 3.05) is 6.61 Å². The molecule has 1 atom stereocenters. The van der Waals surface area contributed by atoms with Gasteiger partial charge in [-0.3, -0.25) is 9.59 Å². The average Bonchev–Trinajstić information content (AvgIpc) is 2.57. The number of hydrogen-bond donors (Lipinski definition) is 0. The first-order chi connectivity index (χ1) is 11.2. The summed E-state index contributed by atoms with van der Waals surface area (Å²) >= 11 is 0. The van der Waals surface area contributed by atoms with Crippen molar-refractivity contribution >= 4 is 11.8 Å². The van der Waals surface area contributed by atoms with Crippen LogP contribution in [0.2, 0.25) is 0 Å². The van der Waals surface area contributed by atoms with Crippen LogP contribution >= 0.6 is 0 Å². The Morgan fingerprint density at radius 1 is 1.30 bits per heavy atom. The summed E-state index contributed by atoms with van der Waals surface area (Å²) < 4.78 is 5.20. The molecule has 0 aliphatic carbocycles. The molecule has 1 aromatic rings. The number of allylic oxidation sites excluding steroid dienone is 3. The summed E-state index contributed by atoms with van der Waals surface area (Å²) in [5.41, 5.74) is 1.61. The highest BCUT2D eigenvalue weighted by Crippen LogP contribution is 2.22. The largest absolute Gasteiger partial charge is 0.465 e. The number of esters is 1. The summed E-state index contributed by atoms with van der Waals surface area (Å²) in [6.07, 6.45) is 10.7. The van der Waals surface area contributed by atoms with Crippen LogP contribution in [0.3, 0.4) is 0 Å². The summed E-state index contributed by atoms with van der Waals surface area (Å²) in [7, 11) is 0. The van der Waals surface area contributed by atoms with Gasteiger partial charge in [0.15, 0.2) is 5.78 Å². The highest BCUT2D eigenvalue weighted by molar-refractivity contribution is 6.08. The van der Waals surface area contributed by atoms with Crippen LogP contribution in [0.5, 0.6) is 0 Å². The van der Waals surface area contributed by atoms with Crippen molar-refractivity contribution in [3.05, 3.63) is 59.7 Å². The maximum Gasteiger partial charge on any atom is 0.317 e. The molecule has 0 amide bonds. The second kappa shape index (κ2) is 9.09. The zero-order chi connectivity index (χ0) is 16.5. The Labute approximate surface area is 138 Å². The zero-order valence-electron chi connectivity index (χ0n) is 13.7. The van der Waals surface area contributed by atoms with Gasteiger partial charge in [0, 0.05) is 12.0 Å². The predicted molar refractivity (Wildman–Crippen MR) is 91.2 cm³/mol. The summed E-state index contributed by atoms with van der Waals surface area (Å²) in [6.45, 7) is 2.50. The number of hydrogen-bond acceptors (Lipinski definition) is 3. The summed E-state index contributed by atoms with van der Waals surface area (Å²) in [5.74, 6) is -1.32. The molecule has 0 spiro atoms. The van der Waals surface area contributed by atoms with Crippen LogP contribution in [0.4, 0.5) is 0 Å². The normalized spacial score (nSPS) is 21.2. The third-order valence-corrected chi connectivity index (χ3v) is 3.92. The molecular weight excluding hydrogens is 288 g/mol. The minimum atomic E-state index is -0.750. The van der Waals surface area contributed by atoms with E-state index in [1.807, 2.05) is 18.2 Å². The molecule has 1 aromatic carbocycles. The van der Waals surface area contributed by atoms with Gasteiger partial charge in [-0.1, -0.05) is 73.9 Å². The predicted octanol–water partition coefficient (Wildman–Crippen LogP) is 4.50. The number of ketones is 1. The van der Waals surface area contributed by atoms with Gasteiger partial charge in [-0.2, -0.15) is 0 Å². The third kappa shape index (κ3) is 5.20. The van der Waals surface area contributed by atoms with Crippen molar-refractivity contribution in [3.63, 3.8) is 0 Å². The van der Waals surface area contributed by atoms with Crippen molar-refractivity contribution < 1.29 is 14.3 Å². The van der Waals surface area contributed by atoms with Gasteiger partial charge in [-0.05, 0) is 12.8 Å². The molecule has 0 bridgehead atoms. The number of ether oxygens (including phenoxy) is 1. The van der Waals surface area contributed by atoms with E-state index in [4.69, 9.17) is 4.74 Å². The van der Waals surface area contributed by atoms with Crippen molar-refractivity contribution in [2.45, 2.75) is 39.0 Å². The third-order valence-electron chi connectivity index (χ3n) is 3.92. The molecule has 0 saturated heterocycles. The number of unbranched alkanes of at least 4 members (excludes halogenated alkanes) is 2. The molecule has 3 nitrogen and oxygen atoms in total. The average molecular weight is 312 g/mol. The van der Waals surface area contributed by atoms with Gasteiger partial charge in [0.1, 0.15) is 5.92 Å². The zero-order valence-corrected chi connectivity index (χ0v) is 13.7. The minimum absolute atomic E-state index is 0.162. The maximum absolute atomic E-state index is 12.6. The fourth-order valence-corrected chi connectivity index (χ4v) is 2.60. The van der Waals surface area contributed by atoms with Crippen LogP contribution in [0, 0.1) is 5.92 Å². The standard InChI is InChI=1S/C20H24O3/c1-2-3-4-6-10-16-11-9-14-23-20(22)18(15-16)19(21)17-12-7-5-8-13-17/h5-8,10-13,18H,2-4,9,14-15H2,1H3/b10-6+,16-11-. The molecule has 122 valence electrons. The summed E-state index contributed by atoms with van der Waals surface area (Å²) in [4.78, 5) is 24.9. The van der Waals surface area contributed by atoms with Crippen molar-refractivity contribution in [1.29, 1.82) is 0 Å². The lowest BCUT2D eigenvalue weighted by Crippen LogP contribution is -2.28. The first kappa shape index (κ1) is 17.2. The van der Waals surface area contributed by atoms with E-state index in [0.717, 1.165) is 24.8 Å². The molecule has 0 radical (unpaired) electrons. The van der Waals surface area contributed by atoms with Gasteiger partial charge in [0.25, 0.3) is 0 Å². The Morgan fingerprint density at radius 2 is 2.09 bits per heavy atom. The van der Waals surface area contributed by atoms with E-state index in [9.17, 15) is 9.59 Å². The molecule has 0 aromatic heterocycles. The highest BCUT2D eigenvalue weighted by Gasteiger charge is 2.30. The number of cyclic esters (lactones) is 1. The Hall–Kier alpha value is -2.16. The minimum Gasteiger partial charge on any atom is -0.465 e. The first-order valence-electron chi connectivity index (χ1n) is 8.34. The van der Waals surface area contributed by atoms with Crippen LogP contribution < -0.4 is 0 Å². The molecule has 3 heteroatoms. The molecule has 0 N–H and O–H groups in total. The smallest absolute Gasteiger partial charge is 0.317 e. The van der Waals surface area contributed by atoms with E-state index < -0.39 is 11.9 Å². The number of carbonyl (C=O) groups excluding carboxylic acids is 2. The quantitative estimate of drug-likeness (QED) is 0.336. The topological polar surface area (TPSA) is 43.4 Å². The van der Waals surface area contributed by atoms with E-state index >= 15 is 0 Å². The fraction of sp³-hybridized carbons (Fsp3) is 0.400. The van der Waals surface area contributed by atoms with Gasteiger partial charge in [-0.15, -0.1) is 0 Å². The maximum atomic E-state index is 12.6. The van der Waals surface area contributed by atoms with Crippen LogP contribution in [0.15, 0.2) is 54.1 Å². The lowest BCUT2D eigenvalue weighted by molar-refractivity contribution is -0.146. The summed E-state index contributed by atoms with van der Waals surface area (Å²) in [6, 6.07) is 8.96. The van der Waals surface area contributed by atoms with Crippen LogP contribution in [0.25, 0.3) is 0 Å². The van der Waals surface area contributed by atoms with Gasteiger partial charge in [0.2, 0.25) is 0 Å². The van der Waals surface area contributed by atoms with E-state index in [2.05, 4.69) is 25.2 Å². The molecule has 23 heavy (non-hydrogen) atoms. The molecule has 2 rings (SSSR count). The molecule has 1 aliphatic heterocycles. The molecule has 0 fully saturated rings. The van der Waals surface area contributed by atoms with Gasteiger partial charge in [-0.25, -0.2) is 0 Å². The summed E-state index contributed by atoms with van der Waals surface area (Å²) in [5, 5.41) is 0. The number of Topliss-reactive ketones (excluding diaryl/α,β-unsaturated/α-hetero) is 1. The molecule has 1 unspecified atom stereocenters. The van der Waals surface area contributed by atoms with Crippen LogP contribution in [-0.4, -0.2) is 18.4 Å². The Bertz CT molecular complexity index is 584. The van der Waals surface area contributed by atoms with Crippen molar-refractivity contribution in [2.24, 2.45) is 5.92 Å². The molecule has 1 heterocycles. The SMILES string of the molecule is CCCC/C=C/C1=C/CCOC(=O)C(C(=O)c2ccccc2)C1. The number of rotatable bonds is 6. The lowest BCUT2D eigenvalue weighted by atomic mass is 9.90. The van der Waals surface area contributed by atoms with Crippen molar-refractivity contribution in [3.8, 4) is 0 Å². The van der Waals surface area contributed by atoms with Crippen LogP contribution in [0.1, 0.15) is 49.4 Å². The van der Waals surface area contributed by atoms with Crippen molar-refractivity contribution in [1.82, 2.24) is 0 Å². The van der Waals surface area contributed by atoms with Gasteiger partial charge in [0.05, 0.1) is 6.61 Å². The Balaban J connectivity index is 2.14.